The van der Waals surface area contributed by atoms with Crippen molar-refractivity contribution in [2.24, 2.45) is 11.7 Å². The van der Waals surface area contributed by atoms with Crippen molar-refractivity contribution in [1.29, 1.82) is 0 Å². The lowest BCUT2D eigenvalue weighted by molar-refractivity contribution is 0.187. The molecule has 0 aliphatic rings. The Morgan fingerprint density at radius 1 is 1.39 bits per heavy atom. The second-order valence-electron chi connectivity index (χ2n) is 7.49. The first kappa shape index (κ1) is 21.6. The lowest BCUT2D eigenvalue weighted by Crippen LogP contribution is -2.43. The lowest BCUT2D eigenvalue weighted by Gasteiger charge is -2.27. The molecule has 0 saturated heterocycles. The number of hydrogen-bond acceptors (Lipinski definition) is 6. The quantitative estimate of drug-likeness (QED) is 0.743. The van der Waals surface area contributed by atoms with Crippen LogP contribution in [0, 0.1) is 18.7 Å². The number of carbonyl (C=O) groups is 1. The SMILES string of the molecule is COC(=O)Nc1cc(-c2ccc(OC[C@@](C)(N)CC(C)C)c(C)n2)c(F)cn1. The van der Waals surface area contributed by atoms with Gasteiger partial charge in [0.15, 0.2) is 5.82 Å². The monoisotopic (exact) mass is 390 g/mol. The van der Waals surface area contributed by atoms with Gasteiger partial charge in [0.25, 0.3) is 0 Å². The van der Waals surface area contributed by atoms with Gasteiger partial charge in [0.2, 0.25) is 0 Å². The Morgan fingerprint density at radius 2 is 2.11 bits per heavy atom. The summed E-state index contributed by atoms with van der Waals surface area (Å²) < 4.78 is 24.6. The number of nitrogens with one attached hydrogen (secondary N) is 1. The second-order valence-corrected chi connectivity index (χ2v) is 7.49. The van der Waals surface area contributed by atoms with Crippen molar-refractivity contribution in [3.63, 3.8) is 0 Å². The average molecular weight is 390 g/mol. The van der Waals surface area contributed by atoms with E-state index in [-0.39, 0.29) is 11.4 Å². The molecule has 0 fully saturated rings. The summed E-state index contributed by atoms with van der Waals surface area (Å²) in [7, 11) is 1.23. The van der Waals surface area contributed by atoms with Crippen molar-refractivity contribution in [2.45, 2.75) is 39.7 Å². The van der Waals surface area contributed by atoms with Crippen LogP contribution in [0.4, 0.5) is 15.0 Å². The van der Waals surface area contributed by atoms with E-state index in [1.165, 1.54) is 13.2 Å². The maximum Gasteiger partial charge on any atom is 0.412 e. The fourth-order valence-corrected chi connectivity index (χ4v) is 2.94. The Bertz CT molecular complexity index is 840. The molecule has 2 aromatic heterocycles. The van der Waals surface area contributed by atoms with Crippen molar-refractivity contribution in [3.8, 4) is 17.0 Å². The zero-order chi connectivity index (χ0) is 20.9. The van der Waals surface area contributed by atoms with Crippen LogP contribution in [0.1, 0.15) is 32.9 Å². The van der Waals surface area contributed by atoms with Crippen LogP contribution in [0.15, 0.2) is 24.4 Å². The number of carbonyl (C=O) groups excluding carboxylic acids is 1. The Morgan fingerprint density at radius 3 is 2.71 bits per heavy atom. The molecule has 0 aromatic carbocycles. The number of ether oxygens (including phenoxy) is 2. The van der Waals surface area contributed by atoms with E-state index < -0.39 is 17.4 Å². The van der Waals surface area contributed by atoms with Crippen LogP contribution in [-0.2, 0) is 4.74 Å². The van der Waals surface area contributed by atoms with Crippen LogP contribution in [0.2, 0.25) is 0 Å². The number of hydrogen-bond donors (Lipinski definition) is 2. The van der Waals surface area contributed by atoms with Crippen molar-refractivity contribution in [2.75, 3.05) is 19.0 Å². The third kappa shape index (κ3) is 5.88. The molecule has 0 aliphatic heterocycles. The zero-order valence-corrected chi connectivity index (χ0v) is 16.9. The molecular formula is C20H27FN4O3. The van der Waals surface area contributed by atoms with Gasteiger partial charge in [-0.3, -0.25) is 5.32 Å². The molecule has 152 valence electrons. The molecule has 0 spiro atoms. The van der Waals surface area contributed by atoms with E-state index in [4.69, 9.17) is 10.5 Å². The van der Waals surface area contributed by atoms with Gasteiger partial charge >= 0.3 is 6.09 Å². The Balaban J connectivity index is 2.20. The van der Waals surface area contributed by atoms with Gasteiger partial charge < -0.3 is 15.2 Å². The number of pyridine rings is 2. The van der Waals surface area contributed by atoms with E-state index >= 15 is 0 Å². The number of rotatable bonds is 7. The highest BCUT2D eigenvalue weighted by atomic mass is 19.1. The van der Waals surface area contributed by atoms with E-state index in [0.717, 1.165) is 12.6 Å². The lowest BCUT2D eigenvalue weighted by atomic mass is 9.93. The minimum absolute atomic E-state index is 0.163. The molecule has 2 rings (SSSR count). The molecule has 0 saturated carbocycles. The summed E-state index contributed by atoms with van der Waals surface area (Å²) in [5.41, 5.74) is 7.04. The molecule has 7 nitrogen and oxygen atoms in total. The van der Waals surface area contributed by atoms with E-state index in [0.29, 0.717) is 29.7 Å². The summed E-state index contributed by atoms with van der Waals surface area (Å²) >= 11 is 0. The molecule has 1 amide bonds. The molecule has 2 aromatic rings. The van der Waals surface area contributed by atoms with Crippen LogP contribution in [0.3, 0.4) is 0 Å². The molecule has 0 aliphatic carbocycles. The topological polar surface area (TPSA) is 99.4 Å². The third-order valence-electron chi connectivity index (χ3n) is 4.02. The van der Waals surface area contributed by atoms with Crippen molar-refractivity contribution in [3.05, 3.63) is 35.9 Å². The summed E-state index contributed by atoms with van der Waals surface area (Å²) in [6, 6.07) is 4.78. The van der Waals surface area contributed by atoms with Crippen molar-refractivity contribution in [1.82, 2.24) is 9.97 Å². The first-order chi connectivity index (χ1) is 13.1. The number of methoxy groups -OCH3 is 1. The fraction of sp³-hybridized carbons (Fsp3) is 0.450. The predicted octanol–water partition coefficient (Wildman–Crippen LogP) is 3.91. The van der Waals surface area contributed by atoms with Gasteiger partial charge in [-0.2, -0.15) is 0 Å². The van der Waals surface area contributed by atoms with Crippen molar-refractivity contribution >= 4 is 11.9 Å². The van der Waals surface area contributed by atoms with Gasteiger partial charge in [-0.05, 0) is 44.4 Å². The van der Waals surface area contributed by atoms with E-state index in [9.17, 15) is 9.18 Å². The number of halogens is 1. The maximum atomic E-state index is 14.2. The van der Waals surface area contributed by atoms with Gasteiger partial charge in [0.05, 0.1) is 24.7 Å². The summed E-state index contributed by atoms with van der Waals surface area (Å²) in [5.74, 6) is 0.660. The average Bonchev–Trinajstić information content (AvgIpc) is 2.61. The normalized spacial score (nSPS) is 13.1. The summed E-state index contributed by atoms with van der Waals surface area (Å²) in [6.07, 6.45) is 1.16. The number of anilines is 1. The van der Waals surface area contributed by atoms with Gasteiger partial charge in [0.1, 0.15) is 18.2 Å². The first-order valence-corrected chi connectivity index (χ1v) is 9.01. The van der Waals surface area contributed by atoms with Gasteiger partial charge in [-0.25, -0.2) is 19.2 Å². The van der Waals surface area contributed by atoms with E-state index in [2.05, 4.69) is 33.9 Å². The summed E-state index contributed by atoms with van der Waals surface area (Å²) in [6.45, 7) is 8.30. The van der Waals surface area contributed by atoms with Crippen LogP contribution in [0.5, 0.6) is 5.75 Å². The molecule has 1 atom stereocenters. The summed E-state index contributed by atoms with van der Waals surface area (Å²) in [5, 5.41) is 2.40. The standard InChI is InChI=1S/C20H27FN4O3/c1-12(2)9-20(4,22)11-28-17-7-6-16(24-13(17)3)14-8-18(23-10-15(14)21)25-19(26)27-5/h6-8,10,12H,9,11,22H2,1-5H3,(H,23,25,26)/t20-/m0/s1. The largest absolute Gasteiger partial charge is 0.490 e. The number of amides is 1. The predicted molar refractivity (Wildman–Crippen MR) is 106 cm³/mol. The number of nitrogens with zero attached hydrogens (tertiary/aromatic N) is 2. The Labute approximate surface area is 164 Å². The highest BCUT2D eigenvalue weighted by Crippen LogP contribution is 2.27. The van der Waals surface area contributed by atoms with Gasteiger partial charge in [-0.1, -0.05) is 13.8 Å². The first-order valence-electron chi connectivity index (χ1n) is 9.01. The minimum Gasteiger partial charge on any atom is -0.490 e. The van der Waals surface area contributed by atoms with Crippen LogP contribution in [0.25, 0.3) is 11.3 Å². The molecular weight excluding hydrogens is 363 g/mol. The van der Waals surface area contributed by atoms with E-state index in [1.807, 2.05) is 6.92 Å². The van der Waals surface area contributed by atoms with Crippen LogP contribution < -0.4 is 15.8 Å². The molecule has 0 unspecified atom stereocenters. The number of aromatic nitrogens is 2. The molecule has 8 heteroatoms. The summed E-state index contributed by atoms with van der Waals surface area (Å²) in [4.78, 5) is 19.6. The van der Waals surface area contributed by atoms with Gasteiger partial charge in [-0.15, -0.1) is 0 Å². The number of nitrogens with two attached hydrogens (primary N) is 1. The Hall–Kier alpha value is -2.74. The van der Waals surface area contributed by atoms with Crippen molar-refractivity contribution < 1.29 is 18.7 Å². The molecule has 0 bridgehead atoms. The Kier molecular flexibility index (Phi) is 6.90. The highest BCUT2D eigenvalue weighted by Gasteiger charge is 2.21. The fourth-order valence-electron chi connectivity index (χ4n) is 2.94. The highest BCUT2D eigenvalue weighted by molar-refractivity contribution is 5.84. The second kappa shape index (κ2) is 8.97. The zero-order valence-electron chi connectivity index (χ0n) is 16.9. The van der Waals surface area contributed by atoms with E-state index in [1.54, 1.807) is 19.1 Å². The third-order valence-corrected chi connectivity index (χ3v) is 4.02. The minimum atomic E-state index is -0.691. The smallest absolute Gasteiger partial charge is 0.412 e. The van der Waals surface area contributed by atoms with Crippen LogP contribution >= 0.6 is 0 Å². The molecule has 0 radical (unpaired) electrons. The maximum absolute atomic E-state index is 14.2. The van der Waals surface area contributed by atoms with Crippen LogP contribution in [-0.4, -0.2) is 35.3 Å². The van der Waals surface area contributed by atoms with Gasteiger partial charge in [0, 0.05) is 11.1 Å². The molecule has 3 N–H and O–H groups in total. The molecule has 28 heavy (non-hydrogen) atoms. The molecule has 2 heterocycles. The number of aryl methyl sites for hydroxylation is 1.